The Balaban J connectivity index is 2.28. The number of hydrogen-bond donors (Lipinski definition) is 1. The molecule has 15 heavy (non-hydrogen) atoms. The van der Waals surface area contributed by atoms with E-state index in [2.05, 4.69) is 30.4 Å². The summed E-state index contributed by atoms with van der Waals surface area (Å²) in [6.07, 6.45) is 0.858. The number of benzene rings is 1. The van der Waals surface area contributed by atoms with Crippen LogP contribution in [-0.2, 0) is 16.0 Å². The molecule has 0 atom stereocenters. The zero-order valence-electron chi connectivity index (χ0n) is 9.25. The van der Waals surface area contributed by atoms with E-state index in [9.17, 15) is 4.79 Å². The summed E-state index contributed by atoms with van der Waals surface area (Å²) >= 11 is 0. The lowest BCUT2D eigenvalue weighted by Gasteiger charge is -2.05. The summed E-state index contributed by atoms with van der Waals surface area (Å²) in [6, 6.07) is 8.28. The van der Waals surface area contributed by atoms with Gasteiger partial charge in [-0.3, -0.25) is 4.79 Å². The van der Waals surface area contributed by atoms with Crippen LogP contribution in [0.4, 0.5) is 0 Å². The van der Waals surface area contributed by atoms with Crippen molar-refractivity contribution in [1.29, 1.82) is 0 Å². The van der Waals surface area contributed by atoms with Gasteiger partial charge in [0.25, 0.3) is 0 Å². The maximum absolute atomic E-state index is 11.1. The van der Waals surface area contributed by atoms with Crippen molar-refractivity contribution in [2.24, 2.45) is 0 Å². The number of carbonyl (C=O) groups excluding carboxylic acids is 1. The van der Waals surface area contributed by atoms with E-state index in [1.54, 1.807) is 0 Å². The van der Waals surface area contributed by atoms with Gasteiger partial charge < -0.3 is 10.1 Å². The van der Waals surface area contributed by atoms with Gasteiger partial charge in [0.1, 0.15) is 6.61 Å². The third-order valence-corrected chi connectivity index (χ3v) is 2.09. The van der Waals surface area contributed by atoms with E-state index in [-0.39, 0.29) is 12.5 Å². The van der Waals surface area contributed by atoms with Crippen LogP contribution >= 0.6 is 0 Å². The molecule has 0 aliphatic heterocycles. The van der Waals surface area contributed by atoms with Crippen LogP contribution in [-0.4, -0.2) is 26.2 Å². The average Bonchev–Trinajstić information content (AvgIpc) is 2.18. The fraction of sp³-hybridized carbons (Fsp3) is 0.417. The van der Waals surface area contributed by atoms with Crippen LogP contribution < -0.4 is 5.32 Å². The number of amides is 1. The predicted molar refractivity (Wildman–Crippen MR) is 59.8 cm³/mol. The molecule has 0 fully saturated rings. The third-order valence-electron chi connectivity index (χ3n) is 2.09. The number of aryl methyl sites for hydroxylation is 1. The Morgan fingerprint density at radius 1 is 1.47 bits per heavy atom. The van der Waals surface area contributed by atoms with Crippen molar-refractivity contribution in [3.8, 4) is 0 Å². The van der Waals surface area contributed by atoms with Gasteiger partial charge in [0.15, 0.2) is 0 Å². The van der Waals surface area contributed by atoms with Crippen LogP contribution in [0.15, 0.2) is 24.3 Å². The van der Waals surface area contributed by atoms with Gasteiger partial charge in [0.2, 0.25) is 5.91 Å². The zero-order chi connectivity index (χ0) is 11.1. The van der Waals surface area contributed by atoms with Gasteiger partial charge in [0, 0.05) is 13.7 Å². The normalized spacial score (nSPS) is 10.0. The summed E-state index contributed by atoms with van der Waals surface area (Å²) in [5.41, 5.74) is 2.49. The van der Waals surface area contributed by atoms with Gasteiger partial charge in [-0.25, -0.2) is 0 Å². The first kappa shape index (κ1) is 11.7. The SMILES string of the molecule is COCC(=O)NCCc1cccc(C)c1. The van der Waals surface area contributed by atoms with Crippen LogP contribution in [0.5, 0.6) is 0 Å². The number of nitrogens with one attached hydrogen (secondary N) is 1. The van der Waals surface area contributed by atoms with Crippen LogP contribution in [0, 0.1) is 6.92 Å². The highest BCUT2D eigenvalue weighted by Gasteiger charge is 1.99. The molecule has 1 N–H and O–H groups in total. The van der Waals surface area contributed by atoms with Gasteiger partial charge in [-0.05, 0) is 18.9 Å². The third kappa shape index (κ3) is 4.61. The predicted octanol–water partition coefficient (Wildman–Crippen LogP) is 1.30. The summed E-state index contributed by atoms with van der Waals surface area (Å²) in [6.45, 7) is 2.85. The quantitative estimate of drug-likeness (QED) is 0.790. The van der Waals surface area contributed by atoms with E-state index in [0.717, 1.165) is 6.42 Å². The van der Waals surface area contributed by atoms with Gasteiger partial charge >= 0.3 is 0 Å². The molecule has 1 amide bonds. The van der Waals surface area contributed by atoms with Gasteiger partial charge in [0.05, 0.1) is 0 Å². The van der Waals surface area contributed by atoms with E-state index in [1.165, 1.54) is 18.2 Å². The molecule has 3 nitrogen and oxygen atoms in total. The molecule has 0 heterocycles. The maximum atomic E-state index is 11.1. The standard InChI is InChI=1S/C12H17NO2/c1-10-4-3-5-11(8-10)6-7-13-12(14)9-15-2/h3-5,8H,6-7,9H2,1-2H3,(H,13,14). The van der Waals surface area contributed by atoms with Crippen LogP contribution in [0.2, 0.25) is 0 Å². The Labute approximate surface area is 90.4 Å². The first-order valence-electron chi connectivity index (χ1n) is 5.03. The van der Waals surface area contributed by atoms with E-state index >= 15 is 0 Å². The number of ether oxygens (including phenoxy) is 1. The number of hydrogen-bond acceptors (Lipinski definition) is 2. The zero-order valence-corrected chi connectivity index (χ0v) is 9.25. The highest BCUT2D eigenvalue weighted by molar-refractivity contribution is 5.77. The van der Waals surface area contributed by atoms with Gasteiger partial charge in [-0.1, -0.05) is 29.8 Å². The van der Waals surface area contributed by atoms with Crippen molar-refractivity contribution in [3.05, 3.63) is 35.4 Å². The molecule has 0 aromatic heterocycles. The van der Waals surface area contributed by atoms with Crippen molar-refractivity contribution >= 4 is 5.91 Å². The molecule has 0 spiro atoms. The Morgan fingerprint density at radius 2 is 2.27 bits per heavy atom. The molecule has 1 aromatic rings. The monoisotopic (exact) mass is 207 g/mol. The van der Waals surface area contributed by atoms with Crippen molar-refractivity contribution in [1.82, 2.24) is 5.32 Å². The first-order chi connectivity index (χ1) is 7.22. The summed E-state index contributed by atoms with van der Waals surface area (Å²) in [5, 5.41) is 2.79. The number of rotatable bonds is 5. The minimum Gasteiger partial charge on any atom is -0.375 e. The van der Waals surface area contributed by atoms with Crippen molar-refractivity contribution in [2.75, 3.05) is 20.3 Å². The lowest BCUT2D eigenvalue weighted by atomic mass is 10.1. The smallest absolute Gasteiger partial charge is 0.245 e. The van der Waals surface area contributed by atoms with Crippen molar-refractivity contribution < 1.29 is 9.53 Å². The fourth-order valence-corrected chi connectivity index (χ4v) is 1.40. The molecule has 1 aromatic carbocycles. The Hall–Kier alpha value is -1.35. The van der Waals surface area contributed by atoms with E-state index in [0.29, 0.717) is 6.54 Å². The van der Waals surface area contributed by atoms with E-state index in [1.807, 2.05) is 6.07 Å². The lowest BCUT2D eigenvalue weighted by molar-refractivity contribution is -0.124. The summed E-state index contributed by atoms with van der Waals surface area (Å²) in [5.74, 6) is -0.0647. The van der Waals surface area contributed by atoms with Crippen LogP contribution in [0.3, 0.4) is 0 Å². The molecular weight excluding hydrogens is 190 g/mol. The summed E-state index contributed by atoms with van der Waals surface area (Å²) in [7, 11) is 1.51. The average molecular weight is 207 g/mol. The second kappa shape index (κ2) is 6.19. The molecule has 3 heteroatoms. The van der Waals surface area contributed by atoms with Gasteiger partial charge in [-0.2, -0.15) is 0 Å². The second-order valence-corrected chi connectivity index (χ2v) is 3.52. The molecule has 0 saturated heterocycles. The fourth-order valence-electron chi connectivity index (χ4n) is 1.40. The molecule has 1 rings (SSSR count). The lowest BCUT2D eigenvalue weighted by Crippen LogP contribution is -2.28. The highest BCUT2D eigenvalue weighted by Crippen LogP contribution is 2.03. The number of methoxy groups -OCH3 is 1. The molecule has 0 bridgehead atoms. The summed E-state index contributed by atoms with van der Waals surface area (Å²) in [4.78, 5) is 11.1. The van der Waals surface area contributed by atoms with Gasteiger partial charge in [-0.15, -0.1) is 0 Å². The molecule has 0 saturated carbocycles. The highest BCUT2D eigenvalue weighted by atomic mass is 16.5. The van der Waals surface area contributed by atoms with E-state index < -0.39 is 0 Å². The second-order valence-electron chi connectivity index (χ2n) is 3.52. The molecule has 82 valence electrons. The molecule has 0 aliphatic carbocycles. The largest absolute Gasteiger partial charge is 0.375 e. The Kier molecular flexibility index (Phi) is 4.84. The van der Waals surface area contributed by atoms with E-state index in [4.69, 9.17) is 4.74 Å². The Morgan fingerprint density at radius 3 is 2.93 bits per heavy atom. The minimum atomic E-state index is -0.0647. The topological polar surface area (TPSA) is 38.3 Å². The molecular formula is C12H17NO2. The Bertz CT molecular complexity index is 323. The maximum Gasteiger partial charge on any atom is 0.245 e. The molecule has 0 radical (unpaired) electrons. The number of carbonyl (C=O) groups is 1. The molecule has 0 unspecified atom stereocenters. The van der Waals surface area contributed by atoms with Crippen molar-refractivity contribution in [3.63, 3.8) is 0 Å². The van der Waals surface area contributed by atoms with Crippen molar-refractivity contribution in [2.45, 2.75) is 13.3 Å². The van der Waals surface area contributed by atoms with Crippen LogP contribution in [0.1, 0.15) is 11.1 Å². The van der Waals surface area contributed by atoms with Crippen LogP contribution in [0.25, 0.3) is 0 Å². The first-order valence-corrected chi connectivity index (χ1v) is 5.03. The summed E-state index contributed by atoms with van der Waals surface area (Å²) < 4.78 is 4.71. The minimum absolute atomic E-state index is 0.0647. The molecule has 0 aliphatic rings.